The predicted octanol–water partition coefficient (Wildman–Crippen LogP) is 2.97. The highest BCUT2D eigenvalue weighted by Crippen LogP contribution is 2.22. The number of benzene rings is 1. The second kappa shape index (κ2) is 5.46. The molecule has 0 aliphatic carbocycles. The Morgan fingerprint density at radius 2 is 2.22 bits per heavy atom. The fraction of sp³-hybridized carbons (Fsp3) is 0.231. The third-order valence-corrected chi connectivity index (χ3v) is 4.06. The zero-order chi connectivity index (χ0) is 13.1. The van der Waals surface area contributed by atoms with Crippen LogP contribution in [0, 0.1) is 13.8 Å². The quantitative estimate of drug-likeness (QED) is 0.874. The van der Waals surface area contributed by atoms with E-state index in [9.17, 15) is 0 Å². The van der Waals surface area contributed by atoms with Crippen molar-refractivity contribution in [2.75, 3.05) is 0 Å². The molecule has 3 nitrogen and oxygen atoms in total. The van der Waals surface area contributed by atoms with Gasteiger partial charge in [0.2, 0.25) is 0 Å². The maximum Gasteiger partial charge on any atom is 0.140 e. The van der Waals surface area contributed by atoms with Crippen molar-refractivity contribution in [3.8, 4) is 5.75 Å². The Hall–Kier alpha value is -1.46. The van der Waals surface area contributed by atoms with Gasteiger partial charge < -0.3 is 10.5 Å². The molecule has 0 aliphatic heterocycles. The van der Waals surface area contributed by atoms with Crippen LogP contribution < -0.4 is 10.5 Å². The van der Waals surface area contributed by atoms with Crippen molar-refractivity contribution >= 4 is 28.5 Å². The van der Waals surface area contributed by atoms with E-state index < -0.39 is 0 Å². The highest BCUT2D eigenvalue weighted by molar-refractivity contribution is 7.81. The monoisotopic (exact) mass is 278 g/mol. The van der Waals surface area contributed by atoms with E-state index in [0.29, 0.717) is 11.6 Å². The number of thiazole rings is 1. The SMILES string of the molecule is Cc1cccc(OCc2ncc(C(N)=S)s2)c1C. The normalized spacial score (nSPS) is 10.3. The van der Waals surface area contributed by atoms with E-state index in [1.807, 2.05) is 19.1 Å². The largest absolute Gasteiger partial charge is 0.486 e. The number of nitrogens with zero attached hydrogens (tertiary/aromatic N) is 1. The second-order valence-corrected chi connectivity index (χ2v) is 5.52. The van der Waals surface area contributed by atoms with Crippen LogP contribution in [0.5, 0.6) is 5.75 Å². The lowest BCUT2D eigenvalue weighted by Gasteiger charge is -2.09. The number of hydrogen-bond acceptors (Lipinski definition) is 4. The average Bonchev–Trinajstić information content (AvgIpc) is 2.80. The van der Waals surface area contributed by atoms with Gasteiger partial charge in [0.25, 0.3) is 0 Å². The van der Waals surface area contributed by atoms with Crippen LogP contribution in [-0.2, 0) is 6.61 Å². The van der Waals surface area contributed by atoms with Gasteiger partial charge in [-0.15, -0.1) is 11.3 Å². The van der Waals surface area contributed by atoms with Gasteiger partial charge in [0.05, 0.1) is 4.88 Å². The van der Waals surface area contributed by atoms with Gasteiger partial charge in [0, 0.05) is 6.20 Å². The van der Waals surface area contributed by atoms with Crippen LogP contribution in [0.4, 0.5) is 0 Å². The van der Waals surface area contributed by atoms with Crippen LogP contribution in [0.25, 0.3) is 0 Å². The van der Waals surface area contributed by atoms with E-state index in [-0.39, 0.29) is 0 Å². The lowest BCUT2D eigenvalue weighted by molar-refractivity contribution is 0.303. The number of nitrogens with two attached hydrogens (primary N) is 1. The van der Waals surface area contributed by atoms with Crippen molar-refractivity contribution in [1.29, 1.82) is 0 Å². The van der Waals surface area contributed by atoms with Crippen molar-refractivity contribution < 1.29 is 4.74 Å². The summed E-state index contributed by atoms with van der Waals surface area (Å²) in [6.07, 6.45) is 1.69. The van der Waals surface area contributed by atoms with Crippen LogP contribution in [0.3, 0.4) is 0 Å². The fourth-order valence-electron chi connectivity index (χ4n) is 1.51. The molecule has 0 amide bonds. The minimum absolute atomic E-state index is 0.380. The summed E-state index contributed by atoms with van der Waals surface area (Å²) < 4.78 is 5.76. The maximum atomic E-state index is 5.76. The van der Waals surface area contributed by atoms with Gasteiger partial charge in [-0.2, -0.15) is 0 Å². The van der Waals surface area contributed by atoms with Gasteiger partial charge in [-0.05, 0) is 31.0 Å². The lowest BCUT2D eigenvalue weighted by Crippen LogP contribution is -2.06. The summed E-state index contributed by atoms with van der Waals surface area (Å²) in [5, 5.41) is 0.874. The number of rotatable bonds is 4. The summed E-state index contributed by atoms with van der Waals surface area (Å²) in [5.41, 5.74) is 7.91. The third-order valence-electron chi connectivity index (χ3n) is 2.70. The number of aryl methyl sites for hydroxylation is 1. The van der Waals surface area contributed by atoms with Gasteiger partial charge >= 0.3 is 0 Å². The Morgan fingerprint density at radius 1 is 1.44 bits per heavy atom. The summed E-state index contributed by atoms with van der Waals surface area (Å²) in [5.74, 6) is 0.891. The summed E-state index contributed by atoms with van der Waals surface area (Å²) in [4.78, 5) is 5.43. The zero-order valence-corrected chi connectivity index (χ0v) is 11.9. The van der Waals surface area contributed by atoms with E-state index >= 15 is 0 Å². The van der Waals surface area contributed by atoms with Crippen molar-refractivity contribution in [3.05, 3.63) is 45.4 Å². The maximum absolute atomic E-state index is 5.76. The van der Waals surface area contributed by atoms with Gasteiger partial charge in [0.15, 0.2) is 0 Å². The molecule has 5 heteroatoms. The van der Waals surface area contributed by atoms with Crippen molar-refractivity contribution in [1.82, 2.24) is 4.98 Å². The summed E-state index contributed by atoms with van der Waals surface area (Å²) >= 11 is 6.37. The molecule has 0 saturated heterocycles. The molecule has 1 aromatic carbocycles. The number of aromatic nitrogens is 1. The first-order valence-electron chi connectivity index (χ1n) is 5.51. The van der Waals surface area contributed by atoms with Crippen LogP contribution >= 0.6 is 23.6 Å². The van der Waals surface area contributed by atoms with Gasteiger partial charge in [-0.25, -0.2) is 4.98 Å². The molecule has 0 radical (unpaired) electrons. The molecule has 0 bridgehead atoms. The Labute approximate surface area is 116 Å². The van der Waals surface area contributed by atoms with Gasteiger partial charge in [-0.1, -0.05) is 24.4 Å². The Balaban J connectivity index is 2.07. The Bertz CT molecular complexity index is 578. The minimum Gasteiger partial charge on any atom is -0.486 e. The van der Waals surface area contributed by atoms with Crippen LogP contribution in [0.1, 0.15) is 21.0 Å². The molecule has 18 heavy (non-hydrogen) atoms. The molecule has 0 unspecified atom stereocenters. The molecule has 2 rings (SSSR count). The Morgan fingerprint density at radius 3 is 2.89 bits per heavy atom. The highest BCUT2D eigenvalue weighted by Gasteiger charge is 2.06. The molecule has 1 heterocycles. The topological polar surface area (TPSA) is 48.1 Å². The summed E-state index contributed by atoms with van der Waals surface area (Å²) in [6.45, 7) is 4.56. The second-order valence-electron chi connectivity index (χ2n) is 3.97. The van der Waals surface area contributed by atoms with E-state index in [2.05, 4.69) is 18.0 Å². The molecular formula is C13H14N2OS2. The average molecular weight is 278 g/mol. The van der Waals surface area contributed by atoms with E-state index in [1.54, 1.807) is 6.20 Å². The van der Waals surface area contributed by atoms with Crippen molar-refractivity contribution in [3.63, 3.8) is 0 Å². The van der Waals surface area contributed by atoms with Crippen molar-refractivity contribution in [2.45, 2.75) is 20.5 Å². The molecule has 2 N–H and O–H groups in total. The molecule has 0 aliphatic rings. The molecule has 0 saturated carbocycles. The van der Waals surface area contributed by atoms with E-state index in [0.717, 1.165) is 21.2 Å². The van der Waals surface area contributed by atoms with Gasteiger partial charge in [0.1, 0.15) is 22.4 Å². The highest BCUT2D eigenvalue weighted by atomic mass is 32.1. The molecule has 0 atom stereocenters. The van der Waals surface area contributed by atoms with Gasteiger partial charge in [-0.3, -0.25) is 0 Å². The zero-order valence-electron chi connectivity index (χ0n) is 10.3. The standard InChI is InChI=1S/C13H14N2OS2/c1-8-4-3-5-10(9(8)2)16-7-12-15-6-11(18-12)13(14)17/h3-6H,7H2,1-2H3,(H2,14,17). The summed E-state index contributed by atoms with van der Waals surface area (Å²) in [7, 11) is 0. The lowest BCUT2D eigenvalue weighted by atomic mass is 10.1. The molecular weight excluding hydrogens is 264 g/mol. The Kier molecular flexibility index (Phi) is 3.93. The third kappa shape index (κ3) is 2.86. The summed E-state index contributed by atoms with van der Waals surface area (Å²) in [6, 6.07) is 6.01. The molecule has 0 fully saturated rings. The molecule has 2 aromatic rings. The predicted molar refractivity (Wildman–Crippen MR) is 78.2 cm³/mol. The number of hydrogen-bond donors (Lipinski definition) is 1. The first kappa shape index (κ1) is 13.0. The number of ether oxygens (including phenoxy) is 1. The smallest absolute Gasteiger partial charge is 0.140 e. The van der Waals surface area contributed by atoms with Crippen LogP contribution in [0.15, 0.2) is 24.4 Å². The molecule has 94 valence electrons. The van der Waals surface area contributed by atoms with Crippen LogP contribution in [-0.4, -0.2) is 9.97 Å². The first-order chi connectivity index (χ1) is 8.58. The van der Waals surface area contributed by atoms with E-state index in [1.165, 1.54) is 16.9 Å². The first-order valence-corrected chi connectivity index (χ1v) is 6.74. The molecule has 0 spiro atoms. The fourth-order valence-corrected chi connectivity index (χ4v) is 2.37. The van der Waals surface area contributed by atoms with Crippen LogP contribution in [0.2, 0.25) is 0 Å². The van der Waals surface area contributed by atoms with Crippen molar-refractivity contribution in [2.24, 2.45) is 5.73 Å². The number of thiocarbonyl (C=S) groups is 1. The molecule has 1 aromatic heterocycles. The minimum atomic E-state index is 0.380. The van der Waals surface area contributed by atoms with E-state index in [4.69, 9.17) is 22.7 Å².